The number of ether oxygens (including phenoxy) is 2. The molecule has 0 N–H and O–H groups in total. The van der Waals surface area contributed by atoms with Gasteiger partial charge in [0, 0.05) is 4.47 Å². The number of rotatable bonds is 6. The van der Waals surface area contributed by atoms with Gasteiger partial charge in [0.2, 0.25) is 0 Å². The molecule has 0 unspecified atom stereocenters. The summed E-state index contributed by atoms with van der Waals surface area (Å²) >= 11 is 10.2. The Labute approximate surface area is 205 Å². The zero-order valence-electron chi connectivity index (χ0n) is 17.5. The van der Waals surface area contributed by atoms with Gasteiger partial charge in [-0.15, -0.1) is 0 Å². The van der Waals surface area contributed by atoms with Gasteiger partial charge in [0.25, 0.3) is 5.91 Å². The van der Waals surface area contributed by atoms with Gasteiger partial charge in [0.05, 0.1) is 17.7 Å². The summed E-state index contributed by atoms with van der Waals surface area (Å²) < 4.78 is 12.9. The van der Waals surface area contributed by atoms with E-state index in [-0.39, 0.29) is 5.91 Å². The minimum atomic E-state index is -0.138. The third-order valence-corrected chi connectivity index (χ3v) is 6.71. The van der Waals surface area contributed by atoms with Crippen LogP contribution in [0.3, 0.4) is 0 Å². The summed E-state index contributed by atoms with van der Waals surface area (Å²) in [5, 5.41) is 0. The molecular formula is C25H20BrNO3S2. The first-order valence-electron chi connectivity index (χ1n) is 9.84. The quantitative estimate of drug-likeness (QED) is 0.263. The number of hydrogen-bond acceptors (Lipinski definition) is 5. The summed E-state index contributed by atoms with van der Waals surface area (Å²) in [6, 6.07) is 21.3. The molecule has 0 aromatic heterocycles. The average Bonchev–Trinajstić information content (AvgIpc) is 3.07. The van der Waals surface area contributed by atoms with Gasteiger partial charge in [0.15, 0.2) is 15.8 Å². The van der Waals surface area contributed by atoms with Gasteiger partial charge in [-0.1, -0.05) is 75.8 Å². The predicted molar refractivity (Wildman–Crippen MR) is 138 cm³/mol. The van der Waals surface area contributed by atoms with E-state index in [1.807, 2.05) is 60.7 Å². The number of nitrogens with zero attached hydrogens (tertiary/aromatic N) is 1. The van der Waals surface area contributed by atoms with Crippen LogP contribution in [0.1, 0.15) is 16.7 Å². The van der Waals surface area contributed by atoms with E-state index in [0.29, 0.717) is 27.3 Å². The van der Waals surface area contributed by atoms with Crippen LogP contribution in [0.25, 0.3) is 6.08 Å². The van der Waals surface area contributed by atoms with Gasteiger partial charge < -0.3 is 9.47 Å². The lowest BCUT2D eigenvalue weighted by Gasteiger charge is -2.14. The van der Waals surface area contributed by atoms with E-state index in [4.69, 9.17) is 21.7 Å². The van der Waals surface area contributed by atoms with Gasteiger partial charge >= 0.3 is 0 Å². The minimum absolute atomic E-state index is 0.138. The summed E-state index contributed by atoms with van der Waals surface area (Å²) in [6.07, 6.45) is 1.82. The molecule has 0 bridgehead atoms. The van der Waals surface area contributed by atoms with E-state index in [0.717, 1.165) is 21.3 Å². The maximum Gasteiger partial charge on any atom is 0.270 e. The molecule has 3 aromatic carbocycles. The smallest absolute Gasteiger partial charge is 0.270 e. The van der Waals surface area contributed by atoms with Crippen LogP contribution in [0.4, 0.5) is 5.69 Å². The van der Waals surface area contributed by atoms with Crippen LogP contribution in [0.5, 0.6) is 11.5 Å². The predicted octanol–water partition coefficient (Wildman–Crippen LogP) is 6.75. The summed E-state index contributed by atoms with van der Waals surface area (Å²) in [5.74, 6) is 1.11. The number of benzene rings is 3. The van der Waals surface area contributed by atoms with Crippen molar-refractivity contribution in [1.29, 1.82) is 0 Å². The van der Waals surface area contributed by atoms with Crippen LogP contribution in [0.15, 0.2) is 76.1 Å². The van der Waals surface area contributed by atoms with Crippen LogP contribution in [-0.4, -0.2) is 17.3 Å². The molecular weight excluding hydrogens is 506 g/mol. The number of carbonyl (C=O) groups is 1. The Morgan fingerprint density at radius 1 is 1.03 bits per heavy atom. The lowest BCUT2D eigenvalue weighted by molar-refractivity contribution is -0.113. The highest BCUT2D eigenvalue weighted by Crippen LogP contribution is 2.37. The Kier molecular flexibility index (Phi) is 6.98. The van der Waals surface area contributed by atoms with Crippen LogP contribution in [-0.2, 0) is 11.4 Å². The first-order valence-corrected chi connectivity index (χ1v) is 11.9. The number of methoxy groups -OCH3 is 1. The molecule has 32 heavy (non-hydrogen) atoms. The maximum absolute atomic E-state index is 13.0. The van der Waals surface area contributed by atoms with E-state index in [2.05, 4.69) is 35.0 Å². The monoisotopic (exact) mass is 525 g/mol. The SMILES string of the molecule is COc1cc(/C=C2/SC(=S)N(c3ccc(Br)cc3)C2=O)ccc1OCc1ccc(C)cc1. The molecule has 7 heteroatoms. The van der Waals surface area contributed by atoms with Gasteiger partial charge in [-0.05, 0) is 60.5 Å². The highest BCUT2D eigenvalue weighted by atomic mass is 79.9. The third kappa shape index (κ3) is 5.06. The molecule has 0 atom stereocenters. The number of amides is 1. The average molecular weight is 526 g/mol. The first-order chi connectivity index (χ1) is 15.4. The molecule has 3 aromatic rings. The largest absolute Gasteiger partial charge is 0.493 e. The Hall–Kier alpha value is -2.61. The van der Waals surface area contributed by atoms with Crippen molar-refractivity contribution in [2.24, 2.45) is 0 Å². The molecule has 0 aliphatic carbocycles. The maximum atomic E-state index is 13.0. The fraction of sp³-hybridized carbons (Fsp3) is 0.120. The number of thiocarbonyl (C=S) groups is 1. The van der Waals surface area contributed by atoms with Crippen molar-refractivity contribution < 1.29 is 14.3 Å². The van der Waals surface area contributed by atoms with Gasteiger partial charge in [-0.2, -0.15) is 0 Å². The van der Waals surface area contributed by atoms with E-state index in [1.165, 1.54) is 17.3 Å². The molecule has 0 radical (unpaired) electrons. The molecule has 162 valence electrons. The normalized spacial score (nSPS) is 14.8. The summed E-state index contributed by atoms with van der Waals surface area (Å²) in [6.45, 7) is 2.50. The Morgan fingerprint density at radius 2 is 1.75 bits per heavy atom. The Balaban J connectivity index is 1.52. The number of carbonyl (C=O) groups excluding carboxylic acids is 1. The fourth-order valence-corrected chi connectivity index (χ4v) is 4.73. The molecule has 1 fully saturated rings. The van der Waals surface area contributed by atoms with Crippen molar-refractivity contribution in [3.8, 4) is 11.5 Å². The van der Waals surface area contributed by atoms with E-state index in [1.54, 1.807) is 12.0 Å². The molecule has 1 saturated heterocycles. The molecule has 0 saturated carbocycles. The van der Waals surface area contributed by atoms with Crippen LogP contribution in [0.2, 0.25) is 0 Å². The second-order valence-electron chi connectivity index (χ2n) is 7.18. The zero-order chi connectivity index (χ0) is 22.7. The van der Waals surface area contributed by atoms with Gasteiger partial charge in [0.1, 0.15) is 6.61 Å². The number of aryl methyl sites for hydroxylation is 1. The molecule has 4 rings (SSSR count). The van der Waals surface area contributed by atoms with Crippen LogP contribution in [0, 0.1) is 6.92 Å². The van der Waals surface area contributed by atoms with Gasteiger partial charge in [-0.3, -0.25) is 9.69 Å². The first kappa shape index (κ1) is 22.6. The van der Waals surface area contributed by atoms with Crippen LogP contribution >= 0.6 is 39.9 Å². The van der Waals surface area contributed by atoms with Gasteiger partial charge in [-0.25, -0.2) is 0 Å². The molecule has 1 amide bonds. The van der Waals surface area contributed by atoms with Crippen molar-refractivity contribution in [2.75, 3.05) is 12.0 Å². The third-order valence-electron chi connectivity index (χ3n) is 4.88. The number of hydrogen-bond donors (Lipinski definition) is 0. The Morgan fingerprint density at radius 3 is 2.44 bits per heavy atom. The van der Waals surface area contributed by atoms with Crippen molar-refractivity contribution in [2.45, 2.75) is 13.5 Å². The highest BCUT2D eigenvalue weighted by molar-refractivity contribution is 9.10. The molecule has 1 aliphatic rings. The van der Waals surface area contributed by atoms with Crippen molar-refractivity contribution in [3.63, 3.8) is 0 Å². The van der Waals surface area contributed by atoms with E-state index >= 15 is 0 Å². The lowest BCUT2D eigenvalue weighted by Crippen LogP contribution is -2.27. The second-order valence-corrected chi connectivity index (χ2v) is 9.77. The standard InChI is InChI=1S/C25H20BrNO3S2/c1-16-3-5-17(6-4-16)15-30-21-12-7-18(13-22(21)29-2)14-23-24(28)27(25(31)32-23)20-10-8-19(26)9-11-20/h3-14H,15H2,1-2H3/b23-14+. The van der Waals surface area contributed by atoms with Crippen molar-refractivity contribution in [3.05, 3.63) is 92.8 Å². The fourth-order valence-electron chi connectivity index (χ4n) is 3.17. The molecule has 4 nitrogen and oxygen atoms in total. The zero-order valence-corrected chi connectivity index (χ0v) is 20.7. The van der Waals surface area contributed by atoms with Crippen LogP contribution < -0.4 is 14.4 Å². The minimum Gasteiger partial charge on any atom is -0.493 e. The summed E-state index contributed by atoms with van der Waals surface area (Å²) in [7, 11) is 1.60. The number of anilines is 1. The van der Waals surface area contributed by atoms with E-state index in [9.17, 15) is 4.79 Å². The summed E-state index contributed by atoms with van der Waals surface area (Å²) in [4.78, 5) is 15.1. The highest BCUT2D eigenvalue weighted by Gasteiger charge is 2.33. The van der Waals surface area contributed by atoms with Crippen molar-refractivity contribution in [1.82, 2.24) is 0 Å². The molecule has 1 heterocycles. The number of halogens is 1. The number of thioether (sulfide) groups is 1. The lowest BCUT2D eigenvalue weighted by atomic mass is 10.1. The topological polar surface area (TPSA) is 38.8 Å². The molecule has 1 aliphatic heterocycles. The van der Waals surface area contributed by atoms with E-state index < -0.39 is 0 Å². The second kappa shape index (κ2) is 9.90. The van der Waals surface area contributed by atoms with Crippen molar-refractivity contribution >= 4 is 61.9 Å². The Bertz CT molecular complexity index is 1190. The summed E-state index contributed by atoms with van der Waals surface area (Å²) in [5.41, 5.74) is 3.87. The molecule has 0 spiro atoms.